The number of rotatable bonds is 7. The lowest BCUT2D eigenvalue weighted by Gasteiger charge is -2.52. The van der Waals surface area contributed by atoms with Crippen molar-refractivity contribution < 1.29 is 14.2 Å². The van der Waals surface area contributed by atoms with Gasteiger partial charge in [-0.05, 0) is 59.6 Å². The van der Waals surface area contributed by atoms with Gasteiger partial charge in [-0.15, -0.1) is 0 Å². The average molecular weight is 290 g/mol. The molecule has 0 saturated carbocycles. The normalized spacial score (nSPS) is 29.4. The van der Waals surface area contributed by atoms with E-state index in [-0.39, 0.29) is 16.8 Å². The van der Waals surface area contributed by atoms with Crippen LogP contribution in [0.2, 0.25) is 0 Å². The maximum Gasteiger partial charge on any atom is 0.0918 e. The van der Waals surface area contributed by atoms with Gasteiger partial charge in [-0.1, -0.05) is 0 Å². The van der Waals surface area contributed by atoms with E-state index < -0.39 is 0 Å². The molecule has 0 aromatic heterocycles. The quantitative estimate of drug-likeness (QED) is 0.575. The zero-order valence-corrected chi connectivity index (χ0v) is 14.0. The Morgan fingerprint density at radius 1 is 1.00 bits per heavy atom. The minimum Gasteiger partial charge on any atom is -0.381 e. The van der Waals surface area contributed by atoms with E-state index in [1.807, 2.05) is 0 Å². The second kappa shape index (κ2) is 6.79. The molecular weight excluding hydrogens is 260 g/mol. The summed E-state index contributed by atoms with van der Waals surface area (Å²) in [5.41, 5.74) is -0.714. The molecule has 1 aliphatic rings. The van der Waals surface area contributed by atoms with Gasteiger partial charge in [-0.2, -0.15) is 12.6 Å². The summed E-state index contributed by atoms with van der Waals surface area (Å²) in [6.45, 7) is 12.8. The van der Waals surface area contributed by atoms with E-state index in [0.717, 1.165) is 38.2 Å². The Balaban J connectivity index is 2.33. The molecule has 0 aliphatic carbocycles. The summed E-state index contributed by atoms with van der Waals surface area (Å²) in [6, 6.07) is 0. The van der Waals surface area contributed by atoms with Crippen LogP contribution in [-0.2, 0) is 14.2 Å². The van der Waals surface area contributed by atoms with Crippen LogP contribution >= 0.6 is 12.6 Å². The molecule has 0 spiro atoms. The van der Waals surface area contributed by atoms with Crippen LogP contribution in [0.25, 0.3) is 0 Å². The summed E-state index contributed by atoms with van der Waals surface area (Å²) >= 11 is 4.16. The van der Waals surface area contributed by atoms with Crippen LogP contribution in [0.5, 0.6) is 0 Å². The second-order valence-corrected chi connectivity index (χ2v) is 7.10. The lowest BCUT2D eigenvalue weighted by atomic mass is 9.85. The highest BCUT2D eigenvalue weighted by molar-refractivity contribution is 7.80. The molecule has 0 aromatic rings. The van der Waals surface area contributed by atoms with Crippen LogP contribution in [0.15, 0.2) is 0 Å². The third-order valence-corrected chi connectivity index (χ3v) is 4.45. The molecule has 1 saturated heterocycles. The van der Waals surface area contributed by atoms with Crippen molar-refractivity contribution in [2.24, 2.45) is 0 Å². The van der Waals surface area contributed by atoms with Crippen LogP contribution in [0.4, 0.5) is 0 Å². The van der Waals surface area contributed by atoms with Gasteiger partial charge >= 0.3 is 0 Å². The first-order valence-corrected chi connectivity index (χ1v) is 7.88. The topological polar surface area (TPSA) is 27.7 Å². The average Bonchev–Trinajstić information content (AvgIpc) is 2.29. The number of hydrogen-bond acceptors (Lipinski definition) is 4. The summed E-state index contributed by atoms with van der Waals surface area (Å²) in [6.07, 6.45) is 2.98. The molecule has 0 amide bonds. The lowest BCUT2D eigenvalue weighted by Crippen LogP contribution is -2.61. The minimum atomic E-state index is -0.271. The molecular formula is C15H30O3S. The van der Waals surface area contributed by atoms with Crippen molar-refractivity contribution >= 4 is 12.6 Å². The molecule has 1 rings (SSSR count). The molecule has 0 bridgehead atoms. The molecule has 1 atom stereocenters. The molecule has 0 radical (unpaired) electrons. The van der Waals surface area contributed by atoms with Gasteiger partial charge in [0.1, 0.15) is 0 Å². The fraction of sp³-hybridized carbons (Fsp3) is 1.00. The summed E-state index contributed by atoms with van der Waals surface area (Å²) in [7, 11) is 0. The standard InChI is InChI=1S/C15H30O3S/c1-13(2)14(3,4)18-15(5,12-17-13)8-6-9-16-10-7-11-19/h19H,6-12H2,1-5H3. The highest BCUT2D eigenvalue weighted by Crippen LogP contribution is 2.40. The van der Waals surface area contributed by atoms with Gasteiger partial charge in [0.05, 0.1) is 23.4 Å². The fourth-order valence-electron chi connectivity index (χ4n) is 2.22. The van der Waals surface area contributed by atoms with Crippen molar-refractivity contribution in [3.05, 3.63) is 0 Å². The van der Waals surface area contributed by atoms with E-state index in [1.54, 1.807) is 0 Å². The summed E-state index contributed by atoms with van der Waals surface area (Å²) < 4.78 is 17.9. The third kappa shape index (κ3) is 4.92. The Morgan fingerprint density at radius 3 is 2.21 bits per heavy atom. The van der Waals surface area contributed by atoms with Crippen molar-refractivity contribution in [3.8, 4) is 0 Å². The van der Waals surface area contributed by atoms with E-state index in [2.05, 4.69) is 47.2 Å². The van der Waals surface area contributed by atoms with Crippen LogP contribution in [0.1, 0.15) is 53.9 Å². The number of hydrogen-bond donors (Lipinski definition) is 1. The monoisotopic (exact) mass is 290 g/mol. The van der Waals surface area contributed by atoms with Crippen LogP contribution in [0.3, 0.4) is 0 Å². The third-order valence-electron chi connectivity index (χ3n) is 4.13. The maximum atomic E-state index is 6.31. The van der Waals surface area contributed by atoms with Crippen molar-refractivity contribution in [1.82, 2.24) is 0 Å². The van der Waals surface area contributed by atoms with E-state index in [1.165, 1.54) is 0 Å². The Kier molecular flexibility index (Phi) is 6.18. The zero-order chi connectivity index (χ0) is 14.6. The largest absolute Gasteiger partial charge is 0.381 e. The number of thiol groups is 1. The maximum absolute atomic E-state index is 6.31. The predicted molar refractivity (Wildman–Crippen MR) is 82.1 cm³/mol. The van der Waals surface area contributed by atoms with Gasteiger partial charge in [0.2, 0.25) is 0 Å². The van der Waals surface area contributed by atoms with Crippen LogP contribution in [-0.4, -0.2) is 42.4 Å². The molecule has 1 fully saturated rings. The van der Waals surface area contributed by atoms with Gasteiger partial charge in [-0.3, -0.25) is 0 Å². The number of ether oxygens (including phenoxy) is 3. The lowest BCUT2D eigenvalue weighted by molar-refractivity contribution is -0.299. The van der Waals surface area contributed by atoms with Crippen molar-refractivity contribution in [1.29, 1.82) is 0 Å². The van der Waals surface area contributed by atoms with Crippen molar-refractivity contribution in [3.63, 3.8) is 0 Å². The molecule has 19 heavy (non-hydrogen) atoms. The van der Waals surface area contributed by atoms with Gasteiger partial charge in [0, 0.05) is 13.2 Å². The second-order valence-electron chi connectivity index (χ2n) is 6.65. The molecule has 1 aliphatic heterocycles. The van der Waals surface area contributed by atoms with E-state index in [0.29, 0.717) is 6.61 Å². The Hall–Kier alpha value is 0.230. The molecule has 0 aromatic carbocycles. The summed E-state index contributed by atoms with van der Waals surface area (Å²) in [4.78, 5) is 0. The highest BCUT2D eigenvalue weighted by atomic mass is 32.1. The molecule has 4 heteroatoms. The van der Waals surface area contributed by atoms with E-state index >= 15 is 0 Å². The molecule has 1 unspecified atom stereocenters. The first-order valence-electron chi connectivity index (χ1n) is 7.25. The Morgan fingerprint density at radius 2 is 1.63 bits per heavy atom. The smallest absolute Gasteiger partial charge is 0.0918 e. The summed E-state index contributed by atoms with van der Waals surface area (Å²) in [5, 5.41) is 0. The Bertz CT molecular complexity index is 279. The highest BCUT2D eigenvalue weighted by Gasteiger charge is 2.49. The predicted octanol–water partition coefficient (Wildman–Crippen LogP) is 3.47. The van der Waals surface area contributed by atoms with E-state index in [9.17, 15) is 0 Å². The van der Waals surface area contributed by atoms with Crippen LogP contribution < -0.4 is 0 Å². The molecule has 114 valence electrons. The summed E-state index contributed by atoms with van der Waals surface area (Å²) in [5.74, 6) is 0.887. The molecule has 1 heterocycles. The first-order chi connectivity index (χ1) is 8.72. The fourth-order valence-corrected chi connectivity index (χ4v) is 2.34. The van der Waals surface area contributed by atoms with Crippen LogP contribution in [0, 0.1) is 0 Å². The zero-order valence-electron chi connectivity index (χ0n) is 13.1. The Labute approximate surface area is 123 Å². The minimum absolute atomic E-state index is 0.202. The van der Waals surface area contributed by atoms with E-state index in [4.69, 9.17) is 14.2 Å². The van der Waals surface area contributed by atoms with Crippen molar-refractivity contribution in [2.75, 3.05) is 25.6 Å². The SMILES string of the molecule is CC1(CCCOCCCS)COC(C)(C)C(C)(C)O1. The van der Waals surface area contributed by atoms with Gasteiger partial charge < -0.3 is 14.2 Å². The molecule has 3 nitrogen and oxygen atoms in total. The van der Waals surface area contributed by atoms with Gasteiger partial charge in [0.25, 0.3) is 0 Å². The van der Waals surface area contributed by atoms with Gasteiger partial charge in [-0.25, -0.2) is 0 Å². The van der Waals surface area contributed by atoms with Gasteiger partial charge in [0.15, 0.2) is 0 Å². The first kappa shape index (κ1) is 17.3. The van der Waals surface area contributed by atoms with Crippen molar-refractivity contribution in [2.45, 2.75) is 70.7 Å². The molecule has 0 N–H and O–H groups in total.